The Labute approximate surface area is 309 Å². The molecule has 1 fully saturated rings. The zero-order valence-electron chi connectivity index (χ0n) is 30.6. The van der Waals surface area contributed by atoms with Crippen molar-refractivity contribution in [3.05, 3.63) is 35.9 Å². The molecule has 1 aliphatic rings. The quantitative estimate of drug-likeness (QED) is 0.107. The van der Waals surface area contributed by atoms with Gasteiger partial charge in [-0.25, -0.2) is 0 Å². The summed E-state index contributed by atoms with van der Waals surface area (Å²) in [6.45, 7) is 4.16. The molecule has 1 aliphatic heterocycles. The van der Waals surface area contributed by atoms with Crippen LogP contribution in [0.2, 0.25) is 0 Å². The fraction of sp³-hybridized carbons (Fsp3) is 0.618. The fourth-order valence-corrected chi connectivity index (χ4v) is 5.45. The van der Waals surface area contributed by atoms with Gasteiger partial charge in [0, 0.05) is 19.5 Å². The molecule has 16 N–H and O–H groups in total. The molecule has 0 aromatic heterocycles. The number of hydrogen-bond donors (Lipinski definition) is 12. The summed E-state index contributed by atoms with van der Waals surface area (Å²) in [5, 5.41) is 28.2. The van der Waals surface area contributed by atoms with Crippen LogP contribution in [0.5, 0.6) is 0 Å². The lowest BCUT2D eigenvalue weighted by Crippen LogP contribution is -2.62. The molecule has 1 aromatic rings. The lowest BCUT2D eigenvalue weighted by Gasteiger charge is -2.29. The lowest BCUT2D eigenvalue weighted by molar-refractivity contribution is -0.136. The van der Waals surface area contributed by atoms with Gasteiger partial charge in [0.25, 0.3) is 0 Å². The molecule has 53 heavy (non-hydrogen) atoms. The number of carbonyl (C=O) groups excluding carboxylic acids is 7. The van der Waals surface area contributed by atoms with E-state index < -0.39 is 102 Å². The summed E-state index contributed by atoms with van der Waals surface area (Å²) in [6.07, 6.45) is -1.11. The second-order valence-electron chi connectivity index (χ2n) is 13.1. The Morgan fingerprint density at radius 1 is 0.660 bits per heavy atom. The minimum absolute atomic E-state index is 0.00944. The van der Waals surface area contributed by atoms with Gasteiger partial charge in [0.15, 0.2) is 0 Å². The molecule has 296 valence electrons. The van der Waals surface area contributed by atoms with E-state index in [0.29, 0.717) is 12.0 Å². The zero-order valence-corrected chi connectivity index (χ0v) is 30.6. The molecule has 0 radical (unpaired) electrons. The van der Waals surface area contributed by atoms with Gasteiger partial charge in [-0.05, 0) is 50.8 Å². The molecule has 2 rings (SSSR count). The van der Waals surface area contributed by atoms with Crippen LogP contribution in [-0.2, 0) is 40.0 Å². The summed E-state index contributed by atoms with van der Waals surface area (Å²) < 4.78 is 0. The summed E-state index contributed by atoms with van der Waals surface area (Å²) >= 11 is 0. The van der Waals surface area contributed by atoms with Gasteiger partial charge in [-0.3, -0.25) is 33.6 Å². The summed E-state index contributed by atoms with van der Waals surface area (Å²) in [4.78, 5) is 94.0. The Balaban J connectivity index is 2.57. The van der Waals surface area contributed by atoms with Crippen molar-refractivity contribution in [2.45, 2.75) is 101 Å². The van der Waals surface area contributed by atoms with Gasteiger partial charge in [-0.2, -0.15) is 0 Å². The van der Waals surface area contributed by atoms with Gasteiger partial charge < -0.3 is 65.3 Å². The van der Waals surface area contributed by atoms with Crippen LogP contribution in [0.3, 0.4) is 0 Å². The molecule has 19 heteroatoms. The van der Waals surface area contributed by atoms with Gasteiger partial charge >= 0.3 is 0 Å². The Morgan fingerprint density at radius 2 is 1.15 bits per heavy atom. The summed E-state index contributed by atoms with van der Waals surface area (Å²) in [6, 6.07) is -0.130. The van der Waals surface area contributed by atoms with Crippen LogP contribution in [0, 0.1) is 5.92 Å². The van der Waals surface area contributed by atoms with Crippen molar-refractivity contribution < 1.29 is 38.7 Å². The monoisotopic (exact) mass is 747 g/mol. The van der Waals surface area contributed by atoms with E-state index in [9.17, 15) is 38.7 Å². The van der Waals surface area contributed by atoms with Gasteiger partial charge in [-0.1, -0.05) is 50.6 Å². The number of rotatable bonds is 10. The van der Waals surface area contributed by atoms with E-state index >= 15 is 0 Å². The SMILES string of the molecule is CCC(C)C1NC(=O)C(Cc2ccccc2)NC(=O)C(CCN)NC(=O)C(N)CCNC(=O)C(C(C)O)NC(=O)C(CN)NC(=O)C(CCN)NC1=O. The van der Waals surface area contributed by atoms with Crippen LogP contribution >= 0.6 is 0 Å². The van der Waals surface area contributed by atoms with Crippen molar-refractivity contribution in [2.75, 3.05) is 26.2 Å². The van der Waals surface area contributed by atoms with E-state index in [0.717, 1.165) is 0 Å². The zero-order chi connectivity index (χ0) is 39.7. The van der Waals surface area contributed by atoms with E-state index in [1.807, 2.05) is 0 Å². The fourth-order valence-electron chi connectivity index (χ4n) is 5.45. The molecular formula is C34H57N11O8. The first kappa shape index (κ1) is 44.5. The average molecular weight is 748 g/mol. The van der Waals surface area contributed by atoms with Crippen LogP contribution in [0.4, 0.5) is 0 Å². The topological polar surface area (TPSA) is 328 Å². The van der Waals surface area contributed by atoms with E-state index in [1.165, 1.54) is 6.92 Å². The third-order valence-electron chi connectivity index (χ3n) is 8.91. The molecule has 1 heterocycles. The third kappa shape index (κ3) is 14.0. The molecule has 7 amide bonds. The molecular weight excluding hydrogens is 690 g/mol. The molecule has 1 saturated heterocycles. The maximum atomic E-state index is 13.9. The Kier molecular flexibility index (Phi) is 18.8. The van der Waals surface area contributed by atoms with Gasteiger partial charge in [-0.15, -0.1) is 0 Å². The van der Waals surface area contributed by atoms with Gasteiger partial charge in [0.2, 0.25) is 41.4 Å². The number of aliphatic hydroxyl groups is 1. The minimum atomic E-state index is -1.49. The molecule has 0 spiro atoms. The van der Waals surface area contributed by atoms with Crippen LogP contribution in [0.1, 0.15) is 52.0 Å². The maximum Gasteiger partial charge on any atom is 0.245 e. The smallest absolute Gasteiger partial charge is 0.245 e. The highest BCUT2D eigenvalue weighted by Crippen LogP contribution is 2.12. The minimum Gasteiger partial charge on any atom is -0.391 e. The summed E-state index contributed by atoms with van der Waals surface area (Å²) in [5.41, 5.74) is 24.1. The van der Waals surface area contributed by atoms with E-state index in [2.05, 4.69) is 37.2 Å². The first-order valence-corrected chi connectivity index (χ1v) is 17.8. The Bertz CT molecular complexity index is 1400. The summed E-state index contributed by atoms with van der Waals surface area (Å²) in [7, 11) is 0. The summed E-state index contributed by atoms with van der Waals surface area (Å²) in [5.74, 6) is -5.89. The van der Waals surface area contributed by atoms with Crippen molar-refractivity contribution in [2.24, 2.45) is 28.9 Å². The maximum absolute atomic E-state index is 13.9. The largest absolute Gasteiger partial charge is 0.391 e. The number of nitrogens with one attached hydrogen (secondary N) is 7. The molecule has 0 bridgehead atoms. The first-order chi connectivity index (χ1) is 25.2. The number of carbonyl (C=O) groups is 7. The number of benzene rings is 1. The second kappa shape index (κ2) is 22.4. The molecule has 9 unspecified atom stereocenters. The molecule has 0 aliphatic carbocycles. The van der Waals surface area contributed by atoms with E-state index in [-0.39, 0.29) is 45.3 Å². The highest BCUT2D eigenvalue weighted by Gasteiger charge is 2.35. The van der Waals surface area contributed by atoms with Crippen molar-refractivity contribution in [1.82, 2.24) is 37.2 Å². The van der Waals surface area contributed by atoms with Crippen LogP contribution in [0.25, 0.3) is 0 Å². The highest BCUT2D eigenvalue weighted by atomic mass is 16.3. The second-order valence-corrected chi connectivity index (χ2v) is 13.1. The Hall–Kier alpha value is -4.69. The standard InChI is InChI=1S/C34H57N11O8/c1-4-18(2)26-34(53)41-23(11-14-36)30(49)43-25(17-37)32(51)45-27(19(3)46)33(52)39-15-12-21(38)28(47)40-22(10-13-35)29(48)42-24(31(50)44-26)16-20-8-6-5-7-9-20/h5-9,18-19,21-27,46H,4,10-17,35-38H2,1-3H3,(H,39,52)(H,40,47)(H,41,53)(H,42,48)(H,43,49)(H,44,50)(H,45,51). The molecule has 9 atom stereocenters. The predicted molar refractivity (Wildman–Crippen MR) is 195 cm³/mol. The first-order valence-electron chi connectivity index (χ1n) is 17.8. The van der Waals surface area contributed by atoms with Crippen LogP contribution < -0.4 is 60.2 Å². The average Bonchev–Trinajstić information content (AvgIpc) is 3.13. The number of hydrogen-bond acceptors (Lipinski definition) is 12. The number of aliphatic hydroxyl groups excluding tert-OH is 1. The highest BCUT2D eigenvalue weighted by molar-refractivity contribution is 5.97. The van der Waals surface area contributed by atoms with Crippen molar-refractivity contribution in [1.29, 1.82) is 0 Å². The Morgan fingerprint density at radius 3 is 1.68 bits per heavy atom. The van der Waals surface area contributed by atoms with Gasteiger partial charge in [0.1, 0.15) is 36.3 Å². The van der Waals surface area contributed by atoms with E-state index in [1.54, 1.807) is 44.2 Å². The van der Waals surface area contributed by atoms with Crippen molar-refractivity contribution >= 4 is 41.4 Å². The van der Waals surface area contributed by atoms with Crippen LogP contribution in [0.15, 0.2) is 30.3 Å². The molecule has 1 aromatic carbocycles. The lowest BCUT2D eigenvalue weighted by atomic mass is 9.96. The number of nitrogens with two attached hydrogens (primary N) is 4. The predicted octanol–water partition coefficient (Wildman–Crippen LogP) is -4.93. The van der Waals surface area contributed by atoms with Crippen LogP contribution in [-0.4, -0.2) is 121 Å². The van der Waals surface area contributed by atoms with Crippen molar-refractivity contribution in [3.8, 4) is 0 Å². The van der Waals surface area contributed by atoms with Crippen molar-refractivity contribution in [3.63, 3.8) is 0 Å². The normalized spacial score (nSPS) is 27.5. The molecule has 19 nitrogen and oxygen atoms in total. The molecule has 0 saturated carbocycles. The van der Waals surface area contributed by atoms with E-state index in [4.69, 9.17) is 22.9 Å². The van der Waals surface area contributed by atoms with Gasteiger partial charge in [0.05, 0.1) is 12.1 Å². The third-order valence-corrected chi connectivity index (χ3v) is 8.91. The number of amides is 7.